The maximum absolute atomic E-state index is 13.3. The Morgan fingerprint density at radius 3 is 1.69 bits per heavy atom. The molecule has 2 rings (SSSR count). The maximum atomic E-state index is 13.3. The van der Waals surface area contributed by atoms with Crippen molar-refractivity contribution < 1.29 is 23.1 Å². The lowest BCUT2D eigenvalue weighted by Crippen LogP contribution is -2.19. The molecule has 180 valence electrons. The second kappa shape index (κ2) is 18.4. The van der Waals surface area contributed by atoms with Gasteiger partial charge in [0, 0.05) is 39.4 Å². The molecular formula is C23H36F2N4O3. The van der Waals surface area contributed by atoms with Crippen molar-refractivity contribution >= 4 is 23.4 Å². The van der Waals surface area contributed by atoms with E-state index in [1.165, 1.54) is 14.1 Å². The van der Waals surface area contributed by atoms with Gasteiger partial charge in [-0.25, -0.2) is 13.6 Å². The highest BCUT2D eigenvalue weighted by molar-refractivity contribution is 5.94. The van der Waals surface area contributed by atoms with Crippen molar-refractivity contribution in [2.45, 2.75) is 34.3 Å². The van der Waals surface area contributed by atoms with Crippen molar-refractivity contribution in [1.29, 1.82) is 0 Å². The Kier molecular flexibility index (Phi) is 17.7. The normalized spacial score (nSPS) is 8.69. The van der Waals surface area contributed by atoms with Gasteiger partial charge in [0.15, 0.2) is 0 Å². The largest absolute Gasteiger partial charge is 0.445 e. The first-order valence-corrected chi connectivity index (χ1v) is 10.4. The number of alkyl carbamates (subject to hydrolysis) is 1. The number of rotatable bonds is 5. The van der Waals surface area contributed by atoms with Crippen LogP contribution in [-0.2, 0) is 11.3 Å². The molecule has 2 aromatic rings. The third-order valence-electron chi connectivity index (χ3n) is 3.59. The quantitative estimate of drug-likeness (QED) is 0.510. The molecule has 4 N–H and O–H groups in total. The van der Waals surface area contributed by atoms with Crippen molar-refractivity contribution in [2.75, 3.05) is 38.8 Å². The molecule has 0 aliphatic rings. The van der Waals surface area contributed by atoms with E-state index in [1.807, 2.05) is 46.9 Å². The molecule has 0 atom stereocenters. The van der Waals surface area contributed by atoms with E-state index in [-0.39, 0.29) is 23.8 Å². The van der Waals surface area contributed by atoms with Gasteiger partial charge in [-0.3, -0.25) is 4.79 Å². The van der Waals surface area contributed by atoms with Crippen molar-refractivity contribution in [3.05, 3.63) is 59.2 Å². The predicted molar refractivity (Wildman–Crippen MR) is 127 cm³/mol. The summed E-state index contributed by atoms with van der Waals surface area (Å²) in [6.07, 6.45) is -0.654. The summed E-state index contributed by atoms with van der Waals surface area (Å²) in [6, 6.07) is 9.51. The van der Waals surface area contributed by atoms with E-state index in [2.05, 4.69) is 26.0 Å². The Bertz CT molecular complexity index is 777. The van der Waals surface area contributed by atoms with Crippen LogP contribution >= 0.6 is 0 Å². The molecule has 0 unspecified atom stereocenters. The van der Waals surface area contributed by atoms with E-state index in [0.717, 1.165) is 17.8 Å². The van der Waals surface area contributed by atoms with Gasteiger partial charge < -0.3 is 26.0 Å². The lowest BCUT2D eigenvalue weighted by atomic mass is 10.2. The zero-order valence-corrected chi connectivity index (χ0v) is 20.2. The van der Waals surface area contributed by atoms with Gasteiger partial charge in [0.05, 0.1) is 0 Å². The summed E-state index contributed by atoms with van der Waals surface area (Å²) in [4.78, 5) is 21.8. The van der Waals surface area contributed by atoms with Crippen LogP contribution in [0.15, 0.2) is 36.4 Å². The summed E-state index contributed by atoms with van der Waals surface area (Å²) in [7, 11) is 6.28. The minimum absolute atomic E-state index is 0.0577. The minimum atomic E-state index is -0.724. The van der Waals surface area contributed by atoms with E-state index in [0.29, 0.717) is 5.56 Å². The fraction of sp³-hybridized carbons (Fsp3) is 0.391. The summed E-state index contributed by atoms with van der Waals surface area (Å²) in [6.45, 7) is 7.82. The first kappa shape index (κ1) is 30.8. The van der Waals surface area contributed by atoms with Crippen molar-refractivity contribution in [1.82, 2.24) is 10.6 Å². The van der Waals surface area contributed by atoms with Crippen LogP contribution in [0.3, 0.4) is 0 Å². The average molecular weight is 455 g/mol. The Balaban J connectivity index is 0. The lowest BCUT2D eigenvalue weighted by molar-refractivity contribution is 0.0963. The molecule has 9 heteroatoms. The highest BCUT2D eigenvalue weighted by Gasteiger charge is 2.10. The summed E-state index contributed by atoms with van der Waals surface area (Å²) in [5.74, 6) is -1.51. The van der Waals surface area contributed by atoms with Gasteiger partial charge in [-0.05, 0) is 42.0 Å². The summed E-state index contributed by atoms with van der Waals surface area (Å²) < 4.78 is 31.2. The van der Waals surface area contributed by atoms with E-state index in [9.17, 15) is 18.4 Å². The van der Waals surface area contributed by atoms with E-state index < -0.39 is 17.7 Å². The van der Waals surface area contributed by atoms with E-state index in [1.54, 1.807) is 19.2 Å². The topological polar surface area (TPSA) is 91.5 Å². The second-order valence-corrected chi connectivity index (χ2v) is 5.42. The Hall–Kier alpha value is -3.36. The number of ether oxygens (including phenoxy) is 1. The highest BCUT2D eigenvalue weighted by atomic mass is 19.1. The number of hydrogen-bond acceptors (Lipinski definition) is 5. The van der Waals surface area contributed by atoms with Crippen LogP contribution in [0.5, 0.6) is 0 Å². The number of carbonyl (C=O) groups is 2. The zero-order chi connectivity index (χ0) is 25.1. The smallest absolute Gasteiger partial charge is 0.407 e. The number of anilines is 2. The van der Waals surface area contributed by atoms with Gasteiger partial charge in [0.1, 0.15) is 23.9 Å². The van der Waals surface area contributed by atoms with Crippen LogP contribution in [0.1, 0.15) is 43.6 Å². The molecule has 0 heterocycles. The monoisotopic (exact) mass is 454 g/mol. The van der Waals surface area contributed by atoms with Crippen molar-refractivity contribution in [2.24, 2.45) is 0 Å². The average Bonchev–Trinajstić information content (AvgIpc) is 2.84. The summed E-state index contributed by atoms with van der Waals surface area (Å²) in [5.41, 5.74) is 1.72. The first-order valence-electron chi connectivity index (χ1n) is 10.4. The number of hydrogen-bond donors (Lipinski definition) is 4. The van der Waals surface area contributed by atoms with Gasteiger partial charge in [-0.15, -0.1) is 0 Å². The van der Waals surface area contributed by atoms with Crippen LogP contribution in [-0.4, -0.2) is 40.2 Å². The Morgan fingerprint density at radius 1 is 0.812 bits per heavy atom. The molecule has 2 amide bonds. The molecule has 0 spiro atoms. The number of amides is 2. The summed E-state index contributed by atoms with van der Waals surface area (Å²) in [5, 5.41) is 10.2. The minimum Gasteiger partial charge on any atom is -0.445 e. The van der Waals surface area contributed by atoms with Gasteiger partial charge >= 0.3 is 6.09 Å². The van der Waals surface area contributed by atoms with Crippen LogP contribution in [0.4, 0.5) is 25.0 Å². The van der Waals surface area contributed by atoms with Crippen LogP contribution in [0.25, 0.3) is 0 Å². The zero-order valence-electron chi connectivity index (χ0n) is 20.2. The molecule has 7 nitrogen and oxygen atoms in total. The SMILES string of the molecule is CC.CC.CNC(=O)OCc1cc(F)c(NC)c(F)c1.CNC(=O)c1ccc(NC)cc1. The second-order valence-electron chi connectivity index (χ2n) is 5.42. The van der Waals surface area contributed by atoms with Crippen molar-refractivity contribution in [3.8, 4) is 0 Å². The lowest BCUT2D eigenvalue weighted by Gasteiger charge is -2.08. The molecule has 0 bridgehead atoms. The van der Waals surface area contributed by atoms with Gasteiger partial charge in [-0.1, -0.05) is 27.7 Å². The first-order chi connectivity index (χ1) is 15.4. The molecular weight excluding hydrogens is 418 g/mol. The van der Waals surface area contributed by atoms with Crippen LogP contribution < -0.4 is 21.3 Å². The van der Waals surface area contributed by atoms with Gasteiger partial charge in [0.25, 0.3) is 5.91 Å². The van der Waals surface area contributed by atoms with Gasteiger partial charge in [0.2, 0.25) is 0 Å². The van der Waals surface area contributed by atoms with Gasteiger partial charge in [-0.2, -0.15) is 0 Å². The molecule has 0 saturated carbocycles. The Labute approximate surface area is 189 Å². The van der Waals surface area contributed by atoms with Crippen LogP contribution in [0, 0.1) is 11.6 Å². The number of carbonyl (C=O) groups excluding carboxylic acids is 2. The molecule has 2 aromatic carbocycles. The standard InChI is InChI=1S/C10H12F2N2O2.C9H12N2O.2C2H6/c1-13-9-7(11)3-6(4-8(9)12)5-16-10(15)14-2;1-10-8-5-3-7(4-6-8)9(12)11-2;2*1-2/h3-4,13H,5H2,1-2H3,(H,14,15);3-6,10H,1-2H3,(H,11,12);2*1-2H3. The molecule has 0 fully saturated rings. The molecule has 0 aliphatic heterocycles. The highest BCUT2D eigenvalue weighted by Crippen LogP contribution is 2.20. The molecule has 0 aliphatic carbocycles. The Morgan fingerprint density at radius 2 is 1.31 bits per heavy atom. The van der Waals surface area contributed by atoms with E-state index >= 15 is 0 Å². The molecule has 32 heavy (non-hydrogen) atoms. The predicted octanol–water partition coefficient (Wildman–Crippen LogP) is 5.00. The van der Waals surface area contributed by atoms with E-state index in [4.69, 9.17) is 0 Å². The third kappa shape index (κ3) is 11.1. The molecule has 0 aromatic heterocycles. The number of benzene rings is 2. The fourth-order valence-corrected chi connectivity index (χ4v) is 2.10. The van der Waals surface area contributed by atoms with Crippen LogP contribution in [0.2, 0.25) is 0 Å². The fourth-order valence-electron chi connectivity index (χ4n) is 2.10. The van der Waals surface area contributed by atoms with Crippen molar-refractivity contribution in [3.63, 3.8) is 0 Å². The maximum Gasteiger partial charge on any atom is 0.407 e. The number of halogens is 2. The number of nitrogens with one attached hydrogen (secondary N) is 4. The molecule has 0 radical (unpaired) electrons. The summed E-state index contributed by atoms with van der Waals surface area (Å²) >= 11 is 0. The molecule has 0 saturated heterocycles. The third-order valence-corrected chi connectivity index (χ3v) is 3.59.